The predicted octanol–water partition coefficient (Wildman–Crippen LogP) is 1.91. The summed E-state index contributed by atoms with van der Waals surface area (Å²) in [6.07, 6.45) is -0.0511. The molecule has 0 amide bonds. The highest BCUT2D eigenvalue weighted by Crippen LogP contribution is 2.41. The Hall–Kier alpha value is -0.800. The van der Waals surface area contributed by atoms with Crippen LogP contribution in [-0.2, 0) is 11.2 Å². The topological polar surface area (TPSA) is 37.3 Å². The van der Waals surface area contributed by atoms with Crippen molar-refractivity contribution < 1.29 is 9.90 Å². The lowest BCUT2D eigenvalue weighted by molar-refractivity contribution is -0.118. The van der Waals surface area contributed by atoms with E-state index in [1.54, 1.807) is 0 Å². The van der Waals surface area contributed by atoms with Crippen molar-refractivity contribution in [3.63, 3.8) is 0 Å². The van der Waals surface area contributed by atoms with Crippen LogP contribution in [0.4, 0.5) is 0 Å². The molecule has 0 aliphatic carbocycles. The molecule has 13 heavy (non-hydrogen) atoms. The summed E-state index contributed by atoms with van der Waals surface area (Å²) in [6, 6.07) is 5.77. The summed E-state index contributed by atoms with van der Waals surface area (Å²) in [5, 5.41) is 9.43. The SMILES string of the molecule is CCc1cccc2c1C(O)C(=O)S2. The predicted molar refractivity (Wildman–Crippen MR) is 51.6 cm³/mol. The first-order valence-electron chi connectivity index (χ1n) is 4.25. The number of fused-ring (bicyclic) bond motifs is 1. The Morgan fingerprint density at radius 2 is 2.31 bits per heavy atom. The van der Waals surface area contributed by atoms with E-state index in [-0.39, 0.29) is 5.12 Å². The van der Waals surface area contributed by atoms with Gasteiger partial charge in [-0.2, -0.15) is 0 Å². The molecular weight excluding hydrogens is 184 g/mol. The highest BCUT2D eigenvalue weighted by molar-refractivity contribution is 8.14. The fraction of sp³-hybridized carbons (Fsp3) is 0.300. The number of aryl methyl sites for hydroxylation is 1. The van der Waals surface area contributed by atoms with Crippen LogP contribution >= 0.6 is 11.8 Å². The molecule has 1 atom stereocenters. The molecule has 0 radical (unpaired) electrons. The molecule has 2 rings (SSSR count). The summed E-state index contributed by atoms with van der Waals surface area (Å²) in [4.78, 5) is 12.1. The first-order chi connectivity index (χ1) is 6.24. The molecule has 1 aliphatic rings. The van der Waals surface area contributed by atoms with Gasteiger partial charge in [-0.3, -0.25) is 4.79 Å². The zero-order chi connectivity index (χ0) is 9.42. The highest BCUT2D eigenvalue weighted by atomic mass is 32.2. The van der Waals surface area contributed by atoms with E-state index in [0.29, 0.717) is 0 Å². The Kier molecular flexibility index (Phi) is 2.14. The third-order valence-corrected chi connectivity index (χ3v) is 3.24. The average molecular weight is 194 g/mol. The van der Waals surface area contributed by atoms with Crippen LogP contribution in [0.25, 0.3) is 0 Å². The van der Waals surface area contributed by atoms with Gasteiger partial charge >= 0.3 is 0 Å². The van der Waals surface area contributed by atoms with E-state index in [4.69, 9.17) is 0 Å². The van der Waals surface area contributed by atoms with Gasteiger partial charge in [-0.25, -0.2) is 0 Å². The molecule has 0 saturated carbocycles. The number of hydrogen-bond acceptors (Lipinski definition) is 3. The molecule has 1 heterocycles. The number of aliphatic hydroxyl groups excluding tert-OH is 1. The quantitative estimate of drug-likeness (QED) is 0.742. The van der Waals surface area contributed by atoms with Crippen LogP contribution in [0.15, 0.2) is 23.1 Å². The van der Waals surface area contributed by atoms with E-state index in [2.05, 4.69) is 0 Å². The second kappa shape index (κ2) is 3.16. The van der Waals surface area contributed by atoms with Gasteiger partial charge in [0, 0.05) is 10.5 Å². The van der Waals surface area contributed by atoms with Gasteiger partial charge in [-0.05, 0) is 29.8 Å². The number of rotatable bonds is 1. The summed E-state index contributed by atoms with van der Waals surface area (Å²) < 4.78 is 0. The van der Waals surface area contributed by atoms with Crippen LogP contribution in [0.1, 0.15) is 24.2 Å². The molecule has 0 aromatic heterocycles. The van der Waals surface area contributed by atoms with Crippen molar-refractivity contribution >= 4 is 16.9 Å². The van der Waals surface area contributed by atoms with Crippen LogP contribution in [0, 0.1) is 0 Å². The summed E-state index contributed by atoms with van der Waals surface area (Å²) in [7, 11) is 0. The van der Waals surface area contributed by atoms with Gasteiger partial charge in [0.05, 0.1) is 0 Å². The van der Waals surface area contributed by atoms with E-state index >= 15 is 0 Å². The summed E-state index contributed by atoms with van der Waals surface area (Å²) >= 11 is 1.14. The summed E-state index contributed by atoms with van der Waals surface area (Å²) in [5.41, 5.74) is 1.89. The molecule has 1 aliphatic heterocycles. The molecule has 1 aromatic rings. The van der Waals surface area contributed by atoms with Gasteiger partial charge in [0.15, 0.2) is 0 Å². The van der Waals surface area contributed by atoms with E-state index in [0.717, 1.165) is 34.2 Å². The molecule has 68 valence electrons. The highest BCUT2D eigenvalue weighted by Gasteiger charge is 2.31. The molecule has 0 spiro atoms. The van der Waals surface area contributed by atoms with Crippen LogP contribution in [0.3, 0.4) is 0 Å². The first kappa shape index (κ1) is 8.78. The van der Waals surface area contributed by atoms with Gasteiger partial charge in [-0.15, -0.1) is 0 Å². The fourth-order valence-electron chi connectivity index (χ4n) is 1.58. The van der Waals surface area contributed by atoms with Crippen molar-refractivity contribution in [2.75, 3.05) is 0 Å². The Morgan fingerprint density at radius 3 is 3.00 bits per heavy atom. The third kappa shape index (κ3) is 1.28. The second-order valence-corrected chi connectivity index (χ2v) is 4.05. The minimum atomic E-state index is -0.906. The number of hydrogen-bond donors (Lipinski definition) is 1. The molecule has 0 saturated heterocycles. The van der Waals surface area contributed by atoms with Gasteiger partial charge < -0.3 is 5.11 Å². The third-order valence-electron chi connectivity index (χ3n) is 2.24. The maximum Gasteiger partial charge on any atom is 0.226 e. The van der Waals surface area contributed by atoms with E-state index < -0.39 is 6.10 Å². The standard InChI is InChI=1S/C10H10O2S/c1-2-6-4-3-5-7-8(6)9(11)10(12)13-7/h3-5,9,11H,2H2,1H3. The van der Waals surface area contributed by atoms with Crippen LogP contribution < -0.4 is 0 Å². The molecule has 2 nitrogen and oxygen atoms in total. The van der Waals surface area contributed by atoms with Gasteiger partial charge in [0.2, 0.25) is 5.12 Å². The van der Waals surface area contributed by atoms with Gasteiger partial charge in [0.1, 0.15) is 6.10 Å². The van der Waals surface area contributed by atoms with Crippen molar-refractivity contribution in [2.45, 2.75) is 24.3 Å². The van der Waals surface area contributed by atoms with Crippen LogP contribution in [-0.4, -0.2) is 10.2 Å². The molecule has 3 heteroatoms. The van der Waals surface area contributed by atoms with Crippen molar-refractivity contribution in [2.24, 2.45) is 0 Å². The molecule has 1 N–H and O–H groups in total. The molecule has 1 aromatic carbocycles. The Balaban J connectivity index is 2.57. The zero-order valence-electron chi connectivity index (χ0n) is 7.28. The van der Waals surface area contributed by atoms with Crippen molar-refractivity contribution in [1.82, 2.24) is 0 Å². The zero-order valence-corrected chi connectivity index (χ0v) is 8.10. The Bertz CT molecular complexity index is 360. The molecule has 1 unspecified atom stereocenters. The van der Waals surface area contributed by atoms with E-state index in [9.17, 15) is 9.90 Å². The summed E-state index contributed by atoms with van der Waals surface area (Å²) in [5.74, 6) is 0. The number of aliphatic hydroxyl groups is 1. The van der Waals surface area contributed by atoms with E-state index in [1.807, 2.05) is 25.1 Å². The minimum Gasteiger partial charge on any atom is -0.380 e. The van der Waals surface area contributed by atoms with Crippen LogP contribution in [0.5, 0.6) is 0 Å². The second-order valence-electron chi connectivity index (χ2n) is 3.01. The molecule has 0 bridgehead atoms. The Morgan fingerprint density at radius 1 is 1.54 bits per heavy atom. The van der Waals surface area contributed by atoms with Gasteiger partial charge in [-0.1, -0.05) is 19.1 Å². The number of benzene rings is 1. The maximum absolute atomic E-state index is 11.2. The molecule has 0 fully saturated rings. The monoisotopic (exact) mass is 194 g/mol. The first-order valence-corrected chi connectivity index (χ1v) is 5.07. The van der Waals surface area contributed by atoms with Gasteiger partial charge in [0.25, 0.3) is 0 Å². The minimum absolute atomic E-state index is 0.157. The lowest BCUT2D eigenvalue weighted by Crippen LogP contribution is -2.03. The number of carbonyl (C=O) groups is 1. The van der Waals surface area contributed by atoms with Crippen molar-refractivity contribution in [1.29, 1.82) is 0 Å². The number of thioether (sulfide) groups is 1. The smallest absolute Gasteiger partial charge is 0.226 e. The van der Waals surface area contributed by atoms with E-state index in [1.165, 1.54) is 0 Å². The Labute approximate surface area is 81.0 Å². The largest absolute Gasteiger partial charge is 0.380 e. The van der Waals surface area contributed by atoms with Crippen molar-refractivity contribution in [3.05, 3.63) is 29.3 Å². The fourth-order valence-corrected chi connectivity index (χ4v) is 2.52. The number of carbonyl (C=O) groups excluding carboxylic acids is 1. The summed E-state index contributed by atoms with van der Waals surface area (Å²) in [6.45, 7) is 2.02. The lowest BCUT2D eigenvalue weighted by atomic mass is 10.0. The normalized spacial score (nSPS) is 20.5. The lowest BCUT2D eigenvalue weighted by Gasteiger charge is -2.06. The maximum atomic E-state index is 11.2. The average Bonchev–Trinajstić information content (AvgIpc) is 2.43. The van der Waals surface area contributed by atoms with Crippen molar-refractivity contribution in [3.8, 4) is 0 Å². The van der Waals surface area contributed by atoms with Crippen LogP contribution in [0.2, 0.25) is 0 Å². The molecular formula is C10H10O2S.